The Morgan fingerprint density at radius 1 is 1.21 bits per heavy atom. The zero-order valence-corrected chi connectivity index (χ0v) is 10.4. The van der Waals surface area contributed by atoms with Crippen molar-refractivity contribution in [2.24, 2.45) is 0 Å². The molecule has 0 fully saturated rings. The van der Waals surface area contributed by atoms with Crippen LogP contribution in [0, 0.1) is 0 Å². The predicted octanol–water partition coefficient (Wildman–Crippen LogP) is 4.78. The maximum atomic E-state index is 9.40. The first-order chi connectivity index (χ1) is 6.49. The number of aliphatic hydroxyl groups excluding tert-OH is 1. The molecule has 0 rings (SSSR count). The van der Waals surface area contributed by atoms with Gasteiger partial charge in [0.05, 0.1) is 0 Å². The lowest BCUT2D eigenvalue weighted by atomic mass is 10.1. The van der Waals surface area contributed by atoms with Crippen LogP contribution in [0.4, 0.5) is 0 Å². The molecule has 0 saturated heterocycles. The van der Waals surface area contributed by atoms with E-state index in [0.29, 0.717) is 5.57 Å². The number of hydrogen-bond acceptors (Lipinski definition) is 1. The van der Waals surface area contributed by atoms with Crippen LogP contribution < -0.4 is 0 Å². The van der Waals surface area contributed by atoms with Crippen molar-refractivity contribution < 1.29 is 5.11 Å². The Morgan fingerprint density at radius 2 is 1.64 bits per heavy atom. The van der Waals surface area contributed by atoms with Crippen molar-refractivity contribution in [3.8, 4) is 0 Å². The van der Waals surface area contributed by atoms with Crippen molar-refractivity contribution in [3.05, 3.63) is 35.1 Å². The molecular weight excluding hydrogens is 172 g/mol. The molecule has 14 heavy (non-hydrogen) atoms. The molecule has 0 aliphatic rings. The number of allylic oxidation sites excluding steroid dienone is 4. The molecule has 0 unspecified atom stereocenters. The highest BCUT2D eigenvalue weighted by Gasteiger charge is 1.97. The summed E-state index contributed by atoms with van der Waals surface area (Å²) in [7, 11) is 0. The molecule has 0 aliphatic carbocycles. The zero-order chi connectivity index (χ0) is 11.7. The fourth-order valence-corrected chi connectivity index (χ4v) is 0.888. The van der Waals surface area contributed by atoms with Crippen molar-refractivity contribution in [2.45, 2.75) is 48.0 Å². The van der Waals surface area contributed by atoms with E-state index in [9.17, 15) is 5.11 Å². The molecule has 0 bridgehead atoms. The molecule has 0 aliphatic heterocycles. The van der Waals surface area contributed by atoms with Gasteiger partial charge in [0.15, 0.2) is 0 Å². The van der Waals surface area contributed by atoms with Gasteiger partial charge >= 0.3 is 0 Å². The van der Waals surface area contributed by atoms with Crippen LogP contribution in [0.2, 0.25) is 0 Å². The van der Waals surface area contributed by atoms with Crippen molar-refractivity contribution in [3.63, 3.8) is 0 Å². The SMILES string of the molecule is C=C(C)/C(O)=C\C(CC)=C(C)C.CC. The molecule has 82 valence electrons. The second kappa shape index (κ2) is 8.61. The zero-order valence-electron chi connectivity index (χ0n) is 10.4. The Morgan fingerprint density at radius 3 is 1.86 bits per heavy atom. The van der Waals surface area contributed by atoms with Gasteiger partial charge < -0.3 is 5.11 Å². The lowest BCUT2D eigenvalue weighted by Crippen LogP contribution is -1.86. The molecule has 0 radical (unpaired) electrons. The van der Waals surface area contributed by atoms with Gasteiger partial charge in [-0.25, -0.2) is 0 Å². The lowest BCUT2D eigenvalue weighted by molar-refractivity contribution is 0.423. The van der Waals surface area contributed by atoms with Gasteiger partial charge in [0.25, 0.3) is 0 Å². The minimum Gasteiger partial charge on any atom is -0.508 e. The first kappa shape index (κ1) is 15.5. The van der Waals surface area contributed by atoms with Crippen LogP contribution in [-0.2, 0) is 0 Å². The van der Waals surface area contributed by atoms with Crippen LogP contribution in [0.1, 0.15) is 48.0 Å². The summed E-state index contributed by atoms with van der Waals surface area (Å²) in [5.41, 5.74) is 3.13. The van der Waals surface area contributed by atoms with Gasteiger partial charge in [0.2, 0.25) is 0 Å². The van der Waals surface area contributed by atoms with Crippen molar-refractivity contribution in [1.82, 2.24) is 0 Å². The molecule has 1 heteroatoms. The molecule has 1 nitrogen and oxygen atoms in total. The maximum absolute atomic E-state index is 9.40. The summed E-state index contributed by atoms with van der Waals surface area (Å²) in [6, 6.07) is 0. The number of hydrogen-bond donors (Lipinski definition) is 1. The van der Waals surface area contributed by atoms with Crippen LogP contribution in [0.15, 0.2) is 35.1 Å². The first-order valence-corrected chi connectivity index (χ1v) is 5.22. The molecule has 0 aromatic rings. The topological polar surface area (TPSA) is 20.2 Å². The van der Waals surface area contributed by atoms with E-state index in [2.05, 4.69) is 13.5 Å². The van der Waals surface area contributed by atoms with E-state index in [1.54, 1.807) is 13.0 Å². The van der Waals surface area contributed by atoms with Gasteiger partial charge in [-0.05, 0) is 44.4 Å². The molecular formula is C13H24O. The standard InChI is InChI=1S/C11H18O.C2H6/c1-6-10(8(2)3)7-11(12)9(4)5;1-2/h7,12H,4,6H2,1-3,5H3;1-2H3/b11-7+;. The highest BCUT2D eigenvalue weighted by molar-refractivity contribution is 5.31. The van der Waals surface area contributed by atoms with Gasteiger partial charge in [-0.15, -0.1) is 0 Å². The minimum atomic E-state index is 0.285. The molecule has 0 aromatic carbocycles. The smallest absolute Gasteiger partial charge is 0.118 e. The molecule has 0 atom stereocenters. The van der Waals surface area contributed by atoms with Gasteiger partial charge in [-0.2, -0.15) is 0 Å². The minimum absolute atomic E-state index is 0.285. The van der Waals surface area contributed by atoms with E-state index >= 15 is 0 Å². The second-order valence-corrected chi connectivity index (χ2v) is 3.19. The predicted molar refractivity (Wildman–Crippen MR) is 65.5 cm³/mol. The van der Waals surface area contributed by atoms with Crippen molar-refractivity contribution in [1.29, 1.82) is 0 Å². The molecule has 0 aromatic heterocycles. The lowest BCUT2D eigenvalue weighted by Gasteiger charge is -2.03. The van der Waals surface area contributed by atoms with E-state index in [0.717, 1.165) is 6.42 Å². The highest BCUT2D eigenvalue weighted by Crippen LogP contribution is 2.13. The third-order valence-corrected chi connectivity index (χ3v) is 1.77. The van der Waals surface area contributed by atoms with Crippen molar-refractivity contribution in [2.75, 3.05) is 0 Å². The van der Waals surface area contributed by atoms with Gasteiger partial charge in [0.1, 0.15) is 5.76 Å². The monoisotopic (exact) mass is 196 g/mol. The first-order valence-electron chi connectivity index (χ1n) is 5.22. The Kier molecular flexibility index (Phi) is 9.53. The van der Waals surface area contributed by atoms with Crippen LogP contribution >= 0.6 is 0 Å². The summed E-state index contributed by atoms with van der Waals surface area (Å²) >= 11 is 0. The van der Waals surface area contributed by atoms with Crippen molar-refractivity contribution >= 4 is 0 Å². The van der Waals surface area contributed by atoms with Gasteiger partial charge in [0, 0.05) is 0 Å². The largest absolute Gasteiger partial charge is 0.508 e. The van der Waals surface area contributed by atoms with E-state index in [1.165, 1.54) is 11.1 Å². The van der Waals surface area contributed by atoms with Crippen LogP contribution in [0.5, 0.6) is 0 Å². The summed E-state index contributed by atoms with van der Waals surface area (Å²) < 4.78 is 0. The maximum Gasteiger partial charge on any atom is 0.118 e. The summed E-state index contributed by atoms with van der Waals surface area (Å²) in [5.74, 6) is 0.285. The summed E-state index contributed by atoms with van der Waals surface area (Å²) in [4.78, 5) is 0. The van der Waals surface area contributed by atoms with E-state index in [1.807, 2.05) is 27.7 Å². The second-order valence-electron chi connectivity index (χ2n) is 3.19. The van der Waals surface area contributed by atoms with E-state index in [-0.39, 0.29) is 5.76 Å². The fourth-order valence-electron chi connectivity index (χ4n) is 0.888. The number of rotatable bonds is 3. The third-order valence-electron chi connectivity index (χ3n) is 1.77. The van der Waals surface area contributed by atoms with E-state index in [4.69, 9.17) is 0 Å². The summed E-state index contributed by atoms with van der Waals surface area (Å²) in [6.45, 7) is 15.6. The van der Waals surface area contributed by atoms with Crippen LogP contribution in [0.25, 0.3) is 0 Å². The molecule has 1 N–H and O–H groups in total. The molecule has 0 heterocycles. The Hall–Kier alpha value is -0.980. The average Bonchev–Trinajstić information content (AvgIpc) is 2.16. The van der Waals surface area contributed by atoms with E-state index < -0.39 is 0 Å². The molecule has 0 amide bonds. The Balaban J connectivity index is 0. The van der Waals surface area contributed by atoms with Gasteiger partial charge in [-0.3, -0.25) is 0 Å². The molecule has 0 saturated carbocycles. The number of aliphatic hydroxyl groups is 1. The van der Waals surface area contributed by atoms with Crippen LogP contribution in [-0.4, -0.2) is 5.11 Å². The third kappa shape index (κ3) is 6.53. The Bertz CT molecular complexity index is 228. The fraction of sp³-hybridized carbons (Fsp3) is 0.538. The normalized spacial score (nSPS) is 10.0. The summed E-state index contributed by atoms with van der Waals surface area (Å²) in [5, 5.41) is 9.40. The van der Waals surface area contributed by atoms with Crippen LogP contribution in [0.3, 0.4) is 0 Å². The average molecular weight is 196 g/mol. The summed E-state index contributed by atoms with van der Waals surface area (Å²) in [6.07, 6.45) is 2.73. The quantitative estimate of drug-likeness (QED) is 0.509. The molecule has 0 spiro atoms. The highest BCUT2D eigenvalue weighted by atomic mass is 16.3. The van der Waals surface area contributed by atoms with Gasteiger partial charge in [-0.1, -0.05) is 32.9 Å². The Labute approximate surface area is 88.8 Å².